The topological polar surface area (TPSA) is 25.8 Å². The molecule has 0 fully saturated rings. The molecular weight excluding hydrogens is 653 g/mol. The van der Waals surface area contributed by atoms with Crippen LogP contribution >= 0.6 is 0 Å². The van der Waals surface area contributed by atoms with Crippen LogP contribution in [0.3, 0.4) is 0 Å². The van der Waals surface area contributed by atoms with Crippen molar-refractivity contribution < 1.29 is 0 Å². The second-order valence-corrected chi connectivity index (χ2v) is 14.4. The number of hydrogen-bond acceptors (Lipinski definition) is 2. The quantitative estimate of drug-likeness (QED) is 0.162. The number of rotatable bonds is 6. The molecule has 54 heavy (non-hydrogen) atoms. The molecule has 0 saturated heterocycles. The number of aromatic nitrogens is 2. The molecule has 0 aliphatic rings. The highest BCUT2D eigenvalue weighted by molar-refractivity contribution is 6.14. The van der Waals surface area contributed by atoms with Gasteiger partial charge < -0.3 is 0 Å². The summed E-state index contributed by atoms with van der Waals surface area (Å²) in [6.07, 6.45) is 0. The van der Waals surface area contributed by atoms with E-state index < -0.39 is 0 Å². The van der Waals surface area contributed by atoms with Crippen LogP contribution in [-0.2, 0) is 0 Å². The summed E-state index contributed by atoms with van der Waals surface area (Å²) >= 11 is 0. The van der Waals surface area contributed by atoms with Crippen LogP contribution in [0.2, 0.25) is 0 Å². The van der Waals surface area contributed by atoms with Gasteiger partial charge in [0.05, 0.1) is 22.4 Å². The number of benzene rings is 7. The third-order valence-corrected chi connectivity index (χ3v) is 10.6. The van der Waals surface area contributed by atoms with Gasteiger partial charge in [-0.05, 0) is 95.5 Å². The van der Waals surface area contributed by atoms with Crippen LogP contribution in [0.15, 0.2) is 170 Å². The summed E-state index contributed by atoms with van der Waals surface area (Å²) in [4.78, 5) is 11.3. The summed E-state index contributed by atoms with van der Waals surface area (Å²) in [5.74, 6) is 0. The van der Waals surface area contributed by atoms with Crippen molar-refractivity contribution in [2.45, 2.75) is 27.7 Å². The zero-order valence-corrected chi connectivity index (χ0v) is 31.1. The molecule has 0 atom stereocenters. The Bertz CT molecular complexity index is 2630. The number of hydrogen-bond donors (Lipinski definition) is 0. The van der Waals surface area contributed by atoms with Crippen LogP contribution in [-0.4, -0.2) is 9.97 Å². The predicted octanol–water partition coefficient (Wildman–Crippen LogP) is 14.0. The van der Waals surface area contributed by atoms with Gasteiger partial charge in [-0.25, -0.2) is 9.97 Å². The van der Waals surface area contributed by atoms with Crippen LogP contribution < -0.4 is 0 Å². The van der Waals surface area contributed by atoms with E-state index in [4.69, 9.17) is 9.97 Å². The third-order valence-electron chi connectivity index (χ3n) is 10.6. The summed E-state index contributed by atoms with van der Waals surface area (Å²) in [5, 5.41) is 2.16. The zero-order valence-electron chi connectivity index (χ0n) is 31.1. The van der Waals surface area contributed by atoms with Gasteiger partial charge in [0.15, 0.2) is 0 Å². The van der Waals surface area contributed by atoms with E-state index in [9.17, 15) is 0 Å². The van der Waals surface area contributed by atoms with E-state index in [1.165, 1.54) is 44.5 Å². The first-order valence-electron chi connectivity index (χ1n) is 18.7. The second kappa shape index (κ2) is 13.7. The van der Waals surface area contributed by atoms with Gasteiger partial charge in [-0.3, -0.25) is 0 Å². The molecule has 0 bridgehead atoms. The Kier molecular flexibility index (Phi) is 8.44. The lowest BCUT2D eigenvalue weighted by Crippen LogP contribution is -1.99. The minimum atomic E-state index is 0.896. The Morgan fingerprint density at radius 1 is 0.315 bits per heavy atom. The van der Waals surface area contributed by atoms with E-state index >= 15 is 0 Å². The van der Waals surface area contributed by atoms with E-state index in [-0.39, 0.29) is 0 Å². The van der Waals surface area contributed by atoms with Crippen molar-refractivity contribution >= 4 is 21.8 Å². The number of nitrogens with zero attached hydrogens (tertiary/aromatic N) is 2. The maximum atomic E-state index is 5.66. The van der Waals surface area contributed by atoms with Crippen molar-refractivity contribution in [1.29, 1.82) is 0 Å². The lowest BCUT2D eigenvalue weighted by molar-refractivity contribution is 1.32. The van der Waals surface area contributed by atoms with Gasteiger partial charge in [0, 0.05) is 21.9 Å². The fourth-order valence-electron chi connectivity index (χ4n) is 8.25. The smallest absolute Gasteiger partial charge is 0.0978 e. The molecule has 0 amide bonds. The van der Waals surface area contributed by atoms with Crippen molar-refractivity contribution in [2.75, 3.05) is 0 Å². The lowest BCUT2D eigenvalue weighted by atomic mass is 9.88. The Hall–Kier alpha value is -6.64. The standard InChI is InChI=1S/C52H40N2/c1-33-27-35(3)49(45(29-33)39-21-13-7-14-22-39)47-31-43(37-17-9-5-10-18-37)41-25-26-42-44(38-19-11-6-12-20-38)32-48(54-52(42)51(41)53-47)50-36(4)28-34(2)30-46(50)40-23-15-8-16-24-40/h5-32H,1-4H3. The number of aryl methyl sites for hydroxylation is 4. The zero-order chi connectivity index (χ0) is 36.8. The number of fused-ring (bicyclic) bond motifs is 3. The molecule has 0 saturated carbocycles. The van der Waals surface area contributed by atoms with Gasteiger partial charge in [-0.15, -0.1) is 0 Å². The molecule has 0 aliphatic carbocycles. The summed E-state index contributed by atoms with van der Waals surface area (Å²) in [6.45, 7) is 8.77. The van der Waals surface area contributed by atoms with Crippen LogP contribution in [0.25, 0.3) is 88.8 Å². The van der Waals surface area contributed by atoms with Gasteiger partial charge in [-0.1, -0.05) is 169 Å². The largest absolute Gasteiger partial charge is 0.245 e. The van der Waals surface area contributed by atoms with E-state index in [2.05, 4.69) is 198 Å². The molecule has 2 aromatic heterocycles. The molecule has 0 spiro atoms. The highest BCUT2D eigenvalue weighted by Crippen LogP contribution is 2.43. The van der Waals surface area contributed by atoms with E-state index in [0.717, 1.165) is 66.6 Å². The maximum Gasteiger partial charge on any atom is 0.0978 e. The number of pyridine rings is 2. The second-order valence-electron chi connectivity index (χ2n) is 14.4. The molecule has 0 N–H and O–H groups in total. The summed E-state index contributed by atoms with van der Waals surface area (Å²) < 4.78 is 0. The SMILES string of the molecule is Cc1cc(C)c(-c2cc(-c3ccccc3)c3ccc4c(-c5ccccc5)cc(-c5c(C)cc(C)cc5-c5ccccc5)nc4c3n2)c(-c2ccccc2)c1. The third kappa shape index (κ3) is 5.96. The Labute approximate surface area is 317 Å². The molecule has 9 rings (SSSR count). The lowest BCUT2D eigenvalue weighted by Gasteiger charge is -2.19. The predicted molar refractivity (Wildman–Crippen MR) is 229 cm³/mol. The monoisotopic (exact) mass is 692 g/mol. The van der Waals surface area contributed by atoms with Gasteiger partial charge in [0.25, 0.3) is 0 Å². The highest BCUT2D eigenvalue weighted by atomic mass is 14.8. The first kappa shape index (κ1) is 33.2. The van der Waals surface area contributed by atoms with Crippen molar-refractivity contribution in [1.82, 2.24) is 9.97 Å². The average molecular weight is 693 g/mol. The fraction of sp³-hybridized carbons (Fsp3) is 0.0769. The molecule has 0 unspecified atom stereocenters. The fourth-order valence-corrected chi connectivity index (χ4v) is 8.25. The van der Waals surface area contributed by atoms with Crippen molar-refractivity contribution in [3.05, 3.63) is 192 Å². The van der Waals surface area contributed by atoms with Crippen molar-refractivity contribution in [2.24, 2.45) is 0 Å². The first-order chi connectivity index (χ1) is 26.4. The Morgan fingerprint density at radius 2 is 0.630 bits per heavy atom. The summed E-state index contributed by atoms with van der Waals surface area (Å²) in [5.41, 5.74) is 20.1. The van der Waals surface area contributed by atoms with E-state index in [1.54, 1.807) is 0 Å². The van der Waals surface area contributed by atoms with Gasteiger partial charge >= 0.3 is 0 Å². The molecule has 0 radical (unpaired) electrons. The molecule has 258 valence electrons. The first-order valence-corrected chi connectivity index (χ1v) is 18.7. The van der Waals surface area contributed by atoms with E-state index in [0.29, 0.717) is 0 Å². The maximum absolute atomic E-state index is 5.66. The van der Waals surface area contributed by atoms with Crippen molar-refractivity contribution in [3.8, 4) is 67.0 Å². The van der Waals surface area contributed by atoms with Gasteiger partial charge in [0.1, 0.15) is 0 Å². The molecule has 7 aromatic carbocycles. The van der Waals surface area contributed by atoms with Crippen molar-refractivity contribution in [3.63, 3.8) is 0 Å². The molecule has 2 heteroatoms. The molecular formula is C52H40N2. The molecule has 9 aromatic rings. The van der Waals surface area contributed by atoms with E-state index in [1.807, 2.05) is 0 Å². The summed E-state index contributed by atoms with van der Waals surface area (Å²) in [6, 6.07) is 61.0. The van der Waals surface area contributed by atoms with Crippen LogP contribution in [0.4, 0.5) is 0 Å². The van der Waals surface area contributed by atoms with Crippen LogP contribution in [0, 0.1) is 27.7 Å². The van der Waals surface area contributed by atoms with Crippen LogP contribution in [0.1, 0.15) is 22.3 Å². The van der Waals surface area contributed by atoms with Crippen LogP contribution in [0.5, 0.6) is 0 Å². The normalized spacial score (nSPS) is 11.3. The minimum Gasteiger partial charge on any atom is -0.245 e. The summed E-state index contributed by atoms with van der Waals surface area (Å²) in [7, 11) is 0. The Morgan fingerprint density at radius 3 is 0.963 bits per heavy atom. The molecule has 0 aliphatic heterocycles. The van der Waals surface area contributed by atoms with Gasteiger partial charge in [0.2, 0.25) is 0 Å². The average Bonchev–Trinajstić information content (AvgIpc) is 3.20. The Balaban J connectivity index is 1.43. The minimum absolute atomic E-state index is 0.896. The highest BCUT2D eigenvalue weighted by Gasteiger charge is 2.21. The molecule has 2 nitrogen and oxygen atoms in total. The van der Waals surface area contributed by atoms with Gasteiger partial charge in [-0.2, -0.15) is 0 Å². The molecule has 2 heterocycles.